The van der Waals surface area contributed by atoms with Crippen LogP contribution in [0.5, 0.6) is 0 Å². The minimum Gasteiger partial charge on any atom is -0.298 e. The molecule has 0 fully saturated rings. The van der Waals surface area contributed by atoms with Crippen LogP contribution in [0.25, 0.3) is 0 Å². The van der Waals surface area contributed by atoms with Crippen LogP contribution >= 0.6 is 0 Å². The summed E-state index contributed by atoms with van der Waals surface area (Å²) in [6.07, 6.45) is 0.473. The van der Waals surface area contributed by atoms with E-state index in [1.54, 1.807) is 6.92 Å². The van der Waals surface area contributed by atoms with Crippen LogP contribution in [0.15, 0.2) is 12.1 Å². The monoisotopic (exact) mass is 148 g/mol. The van der Waals surface area contributed by atoms with Crippen LogP contribution in [0.1, 0.15) is 15.9 Å². The lowest BCUT2D eigenvalue weighted by Gasteiger charge is -2.02. The van der Waals surface area contributed by atoms with Gasteiger partial charge >= 0.3 is 0 Å². The van der Waals surface area contributed by atoms with E-state index in [0.717, 1.165) is 0 Å². The number of rotatable bonds is 1. The second-order valence-corrected chi connectivity index (χ2v) is 2.29. The standard InChI is InChI=1S/C8H6BFO/c1-5-6(4-11)8(10)3-2-7(5)9/h2-4H,1H3. The van der Waals surface area contributed by atoms with Crippen LogP contribution in [-0.4, -0.2) is 14.1 Å². The summed E-state index contributed by atoms with van der Waals surface area (Å²) >= 11 is 0. The van der Waals surface area contributed by atoms with Gasteiger partial charge in [0.05, 0.1) is 5.56 Å². The Labute approximate surface area is 65.6 Å². The molecule has 2 radical (unpaired) electrons. The van der Waals surface area contributed by atoms with Gasteiger partial charge < -0.3 is 0 Å². The van der Waals surface area contributed by atoms with E-state index in [1.807, 2.05) is 0 Å². The van der Waals surface area contributed by atoms with Crippen molar-refractivity contribution < 1.29 is 9.18 Å². The molecule has 54 valence electrons. The number of aldehydes is 1. The molecule has 11 heavy (non-hydrogen) atoms. The van der Waals surface area contributed by atoms with Crippen LogP contribution in [0, 0.1) is 12.7 Å². The van der Waals surface area contributed by atoms with Gasteiger partial charge in [0, 0.05) is 0 Å². The molecule has 0 aliphatic carbocycles. The highest BCUT2D eigenvalue weighted by Crippen LogP contribution is 2.06. The topological polar surface area (TPSA) is 17.1 Å². The molecule has 0 heterocycles. The van der Waals surface area contributed by atoms with Crippen LogP contribution in [0.2, 0.25) is 0 Å². The van der Waals surface area contributed by atoms with Gasteiger partial charge in [0.15, 0.2) is 6.29 Å². The zero-order valence-electron chi connectivity index (χ0n) is 6.10. The van der Waals surface area contributed by atoms with Crippen molar-refractivity contribution in [2.24, 2.45) is 0 Å². The van der Waals surface area contributed by atoms with Gasteiger partial charge in [-0.2, -0.15) is 0 Å². The zero-order valence-corrected chi connectivity index (χ0v) is 6.10. The molecule has 3 heteroatoms. The van der Waals surface area contributed by atoms with E-state index in [9.17, 15) is 9.18 Å². The molecule has 0 aliphatic heterocycles. The minimum absolute atomic E-state index is 0.0463. The second kappa shape index (κ2) is 2.87. The van der Waals surface area contributed by atoms with Gasteiger partial charge in [-0.15, -0.1) is 0 Å². The molecule has 0 unspecified atom stereocenters. The fraction of sp³-hybridized carbons (Fsp3) is 0.125. The van der Waals surface area contributed by atoms with Gasteiger partial charge in [-0.1, -0.05) is 11.5 Å². The summed E-state index contributed by atoms with van der Waals surface area (Å²) in [6.45, 7) is 1.61. The molecular weight excluding hydrogens is 142 g/mol. The normalized spacial score (nSPS) is 9.64. The number of hydrogen-bond donors (Lipinski definition) is 0. The molecule has 0 aromatic heterocycles. The lowest BCUT2D eigenvalue weighted by atomic mass is 9.88. The first-order chi connectivity index (χ1) is 5.16. The third-order valence-corrected chi connectivity index (χ3v) is 1.62. The Morgan fingerprint density at radius 2 is 2.18 bits per heavy atom. The highest BCUT2D eigenvalue weighted by molar-refractivity contribution is 6.33. The fourth-order valence-corrected chi connectivity index (χ4v) is 0.857. The number of carbonyl (C=O) groups excluding carboxylic acids is 1. The largest absolute Gasteiger partial charge is 0.298 e. The molecule has 1 nitrogen and oxygen atoms in total. The molecule has 0 bridgehead atoms. The summed E-state index contributed by atoms with van der Waals surface area (Å²) in [7, 11) is 5.44. The number of carbonyl (C=O) groups is 1. The summed E-state index contributed by atoms with van der Waals surface area (Å²) < 4.78 is 12.7. The molecule has 0 saturated carbocycles. The summed E-state index contributed by atoms with van der Waals surface area (Å²) in [5.41, 5.74) is 0.985. The Bertz CT molecular complexity index is 296. The van der Waals surface area contributed by atoms with Crippen molar-refractivity contribution in [2.75, 3.05) is 0 Å². The number of halogens is 1. The smallest absolute Gasteiger partial charge is 0.153 e. The van der Waals surface area contributed by atoms with Crippen molar-refractivity contribution in [1.29, 1.82) is 0 Å². The molecule has 0 atom stereocenters. The van der Waals surface area contributed by atoms with Crippen LogP contribution < -0.4 is 5.46 Å². The van der Waals surface area contributed by atoms with E-state index in [4.69, 9.17) is 7.85 Å². The van der Waals surface area contributed by atoms with Gasteiger partial charge in [-0.05, 0) is 18.6 Å². The highest BCUT2D eigenvalue weighted by atomic mass is 19.1. The molecule has 1 aromatic carbocycles. The third-order valence-electron chi connectivity index (χ3n) is 1.62. The van der Waals surface area contributed by atoms with Crippen LogP contribution in [0.4, 0.5) is 4.39 Å². The summed E-state index contributed by atoms with van der Waals surface area (Å²) in [5.74, 6) is -0.522. The Balaban J connectivity index is 3.40. The maximum Gasteiger partial charge on any atom is 0.153 e. The van der Waals surface area contributed by atoms with Crippen molar-refractivity contribution in [1.82, 2.24) is 0 Å². The molecule has 0 saturated heterocycles. The number of benzene rings is 1. The van der Waals surface area contributed by atoms with Crippen molar-refractivity contribution in [2.45, 2.75) is 6.92 Å². The average molecular weight is 148 g/mol. The van der Waals surface area contributed by atoms with Crippen molar-refractivity contribution in [3.8, 4) is 0 Å². The summed E-state index contributed by atoms with van der Waals surface area (Å²) in [5, 5.41) is 0. The first-order valence-corrected chi connectivity index (χ1v) is 3.16. The highest BCUT2D eigenvalue weighted by Gasteiger charge is 2.04. The third kappa shape index (κ3) is 1.32. The quantitative estimate of drug-likeness (QED) is 0.424. The van der Waals surface area contributed by atoms with E-state index in [2.05, 4.69) is 0 Å². The Morgan fingerprint density at radius 1 is 1.55 bits per heavy atom. The second-order valence-electron chi connectivity index (χ2n) is 2.29. The lowest BCUT2D eigenvalue weighted by Crippen LogP contribution is -2.11. The lowest BCUT2D eigenvalue weighted by molar-refractivity contribution is 0.111. The number of hydrogen-bond acceptors (Lipinski definition) is 1. The maximum atomic E-state index is 12.7. The van der Waals surface area contributed by atoms with Gasteiger partial charge in [0.25, 0.3) is 0 Å². The van der Waals surface area contributed by atoms with E-state index >= 15 is 0 Å². The molecule has 0 aliphatic rings. The van der Waals surface area contributed by atoms with Crippen LogP contribution in [0.3, 0.4) is 0 Å². The summed E-state index contributed by atoms with van der Waals surface area (Å²) in [6, 6.07) is 2.63. The zero-order chi connectivity index (χ0) is 8.43. The van der Waals surface area contributed by atoms with Gasteiger partial charge in [0.1, 0.15) is 13.7 Å². The van der Waals surface area contributed by atoms with Crippen molar-refractivity contribution in [3.05, 3.63) is 29.1 Å². The maximum absolute atomic E-state index is 12.7. The first-order valence-electron chi connectivity index (χ1n) is 3.16. The predicted molar refractivity (Wildman–Crippen MR) is 41.9 cm³/mol. The van der Waals surface area contributed by atoms with E-state index in [0.29, 0.717) is 17.3 Å². The van der Waals surface area contributed by atoms with E-state index in [-0.39, 0.29) is 5.56 Å². The molecular formula is C8H6BFO. The molecule has 0 N–H and O–H groups in total. The van der Waals surface area contributed by atoms with Crippen LogP contribution in [-0.2, 0) is 0 Å². The van der Waals surface area contributed by atoms with Gasteiger partial charge in [-0.25, -0.2) is 4.39 Å². The molecule has 0 amide bonds. The summed E-state index contributed by atoms with van der Waals surface area (Å²) in [4.78, 5) is 10.3. The van der Waals surface area contributed by atoms with Crippen molar-refractivity contribution in [3.63, 3.8) is 0 Å². The van der Waals surface area contributed by atoms with Gasteiger partial charge in [0.2, 0.25) is 0 Å². The Morgan fingerprint density at radius 3 is 2.64 bits per heavy atom. The molecule has 1 rings (SSSR count). The van der Waals surface area contributed by atoms with E-state index in [1.165, 1.54) is 12.1 Å². The SMILES string of the molecule is [B]c1ccc(F)c(C=O)c1C. The molecule has 0 spiro atoms. The Kier molecular flexibility index (Phi) is 2.08. The van der Waals surface area contributed by atoms with Gasteiger partial charge in [-0.3, -0.25) is 4.79 Å². The Hall–Kier alpha value is -1.12. The van der Waals surface area contributed by atoms with E-state index < -0.39 is 5.82 Å². The minimum atomic E-state index is -0.522. The average Bonchev–Trinajstić information content (AvgIpc) is 1.99. The molecule has 1 aromatic rings. The predicted octanol–water partition coefficient (Wildman–Crippen LogP) is 0.740. The fourth-order valence-electron chi connectivity index (χ4n) is 0.857. The first kappa shape index (κ1) is 7.99. The van der Waals surface area contributed by atoms with Crippen molar-refractivity contribution >= 4 is 19.6 Å².